The number of carbonyl (C=O) groups is 2. The first-order valence-electron chi connectivity index (χ1n) is 7.50. The normalized spacial score (nSPS) is 11.6. The molecule has 0 amide bonds. The van der Waals surface area contributed by atoms with Gasteiger partial charge in [0.1, 0.15) is 6.54 Å². The number of carboxylic acids is 1. The zero-order chi connectivity index (χ0) is 19.2. The number of nitrogens with one attached hydrogen (secondary N) is 1. The molecule has 0 bridgehead atoms. The largest absolute Gasteiger partial charge is 0.480 e. The Morgan fingerprint density at radius 2 is 1.69 bits per heavy atom. The summed E-state index contributed by atoms with van der Waals surface area (Å²) in [4.78, 5) is 23.7. The molecule has 0 atom stereocenters. The second kappa shape index (κ2) is 8.79. The van der Waals surface area contributed by atoms with Gasteiger partial charge in [-0.15, -0.1) is 11.8 Å². The van der Waals surface area contributed by atoms with Gasteiger partial charge in [-0.25, -0.2) is 8.42 Å². The van der Waals surface area contributed by atoms with Crippen LogP contribution in [0.2, 0.25) is 0 Å². The van der Waals surface area contributed by atoms with Crippen LogP contribution in [0.1, 0.15) is 15.9 Å². The third kappa shape index (κ3) is 5.55. The number of ketones is 1. The van der Waals surface area contributed by atoms with E-state index in [-0.39, 0.29) is 10.7 Å². The monoisotopic (exact) mass is 391 g/mol. The van der Waals surface area contributed by atoms with Crippen LogP contribution in [0.5, 0.6) is 0 Å². The van der Waals surface area contributed by atoms with E-state index < -0.39 is 22.5 Å². The highest BCUT2D eigenvalue weighted by Gasteiger charge is 2.15. The quantitative estimate of drug-likeness (QED) is 0.408. The maximum atomic E-state index is 12.2. The molecule has 6 nitrogen and oxygen atoms in total. The van der Waals surface area contributed by atoms with Crippen molar-refractivity contribution in [2.24, 2.45) is 0 Å². The number of benzene rings is 2. The van der Waals surface area contributed by atoms with Gasteiger partial charge in [0.15, 0.2) is 5.78 Å². The molecule has 0 radical (unpaired) electrons. The van der Waals surface area contributed by atoms with Crippen LogP contribution in [-0.4, -0.2) is 38.1 Å². The molecule has 0 aliphatic heterocycles. The van der Waals surface area contributed by atoms with Crippen LogP contribution >= 0.6 is 11.8 Å². The van der Waals surface area contributed by atoms with E-state index in [0.29, 0.717) is 5.56 Å². The van der Waals surface area contributed by atoms with Crippen molar-refractivity contribution in [2.45, 2.75) is 9.79 Å². The lowest BCUT2D eigenvalue weighted by atomic mass is 10.1. The summed E-state index contributed by atoms with van der Waals surface area (Å²) in [5.41, 5.74) is 1.22. The number of allylic oxidation sites excluding steroid dienone is 1. The predicted molar refractivity (Wildman–Crippen MR) is 101 cm³/mol. The number of carbonyl (C=O) groups excluding carboxylic acids is 1. The van der Waals surface area contributed by atoms with Crippen molar-refractivity contribution in [1.82, 2.24) is 4.72 Å². The van der Waals surface area contributed by atoms with Crippen molar-refractivity contribution in [3.63, 3.8) is 0 Å². The molecule has 0 aliphatic rings. The molecule has 0 saturated carbocycles. The minimum atomic E-state index is -3.92. The second-order valence-electron chi connectivity index (χ2n) is 5.21. The summed E-state index contributed by atoms with van der Waals surface area (Å²) in [6, 6.07) is 13.0. The number of aliphatic carboxylic acids is 1. The van der Waals surface area contributed by atoms with Crippen LogP contribution < -0.4 is 4.72 Å². The van der Waals surface area contributed by atoms with Gasteiger partial charge in [-0.3, -0.25) is 9.59 Å². The van der Waals surface area contributed by atoms with E-state index in [1.165, 1.54) is 30.3 Å². The predicted octanol–water partition coefficient (Wildman–Crippen LogP) is 2.67. The Bertz CT molecular complexity index is 917. The van der Waals surface area contributed by atoms with E-state index in [9.17, 15) is 18.0 Å². The number of thioether (sulfide) groups is 1. The average Bonchev–Trinajstić information content (AvgIpc) is 2.65. The van der Waals surface area contributed by atoms with Crippen molar-refractivity contribution < 1.29 is 23.1 Å². The summed E-state index contributed by atoms with van der Waals surface area (Å²) >= 11 is 1.63. The Morgan fingerprint density at radius 1 is 1.08 bits per heavy atom. The number of sulfonamides is 1. The van der Waals surface area contributed by atoms with Crippen molar-refractivity contribution in [2.75, 3.05) is 12.8 Å². The number of hydrogen-bond acceptors (Lipinski definition) is 5. The van der Waals surface area contributed by atoms with Crippen molar-refractivity contribution in [1.29, 1.82) is 0 Å². The molecular formula is C18H17NO5S2. The molecule has 0 aromatic heterocycles. The Labute approximate surface area is 156 Å². The molecular weight excluding hydrogens is 374 g/mol. The van der Waals surface area contributed by atoms with Gasteiger partial charge in [0.2, 0.25) is 10.0 Å². The topological polar surface area (TPSA) is 101 Å². The lowest BCUT2D eigenvalue weighted by Crippen LogP contribution is -2.29. The molecule has 2 rings (SSSR count). The van der Waals surface area contributed by atoms with Crippen molar-refractivity contribution >= 4 is 39.6 Å². The van der Waals surface area contributed by atoms with Crippen LogP contribution in [0.25, 0.3) is 6.08 Å². The van der Waals surface area contributed by atoms with Crippen molar-refractivity contribution in [3.05, 3.63) is 65.7 Å². The second-order valence-corrected chi connectivity index (χ2v) is 7.86. The molecule has 2 N–H and O–H groups in total. The fourth-order valence-electron chi connectivity index (χ4n) is 2.02. The molecule has 0 aliphatic carbocycles. The summed E-state index contributed by atoms with van der Waals surface area (Å²) in [6.45, 7) is -0.707. The lowest BCUT2D eigenvalue weighted by molar-refractivity contribution is -0.135. The van der Waals surface area contributed by atoms with Crippen LogP contribution in [-0.2, 0) is 14.8 Å². The molecule has 2 aromatic rings. The number of carboxylic acid groups (broad SMARTS) is 1. The van der Waals surface area contributed by atoms with Gasteiger partial charge in [0.05, 0.1) is 4.90 Å². The highest BCUT2D eigenvalue weighted by molar-refractivity contribution is 7.98. The minimum absolute atomic E-state index is 0.105. The fraction of sp³-hybridized carbons (Fsp3) is 0.111. The Balaban J connectivity index is 2.08. The zero-order valence-corrected chi connectivity index (χ0v) is 15.5. The molecule has 26 heavy (non-hydrogen) atoms. The number of hydrogen-bond donors (Lipinski definition) is 2. The average molecular weight is 391 g/mol. The minimum Gasteiger partial charge on any atom is -0.480 e. The first-order valence-corrected chi connectivity index (χ1v) is 10.2. The van der Waals surface area contributed by atoms with E-state index in [1.54, 1.807) is 17.8 Å². The molecule has 0 heterocycles. The Morgan fingerprint density at radius 3 is 2.23 bits per heavy atom. The fourth-order valence-corrected chi connectivity index (χ4v) is 3.40. The Hall–Kier alpha value is -2.42. The van der Waals surface area contributed by atoms with E-state index in [2.05, 4.69) is 0 Å². The van der Waals surface area contributed by atoms with Crippen LogP contribution in [0.15, 0.2) is 64.4 Å². The smallest absolute Gasteiger partial charge is 0.318 e. The lowest BCUT2D eigenvalue weighted by Gasteiger charge is -2.05. The summed E-state index contributed by atoms with van der Waals surface area (Å²) < 4.78 is 25.8. The van der Waals surface area contributed by atoms with E-state index in [0.717, 1.165) is 10.5 Å². The summed E-state index contributed by atoms with van der Waals surface area (Å²) in [5, 5.41) is 8.54. The van der Waals surface area contributed by atoms with Gasteiger partial charge in [-0.05, 0) is 54.3 Å². The van der Waals surface area contributed by atoms with Gasteiger partial charge < -0.3 is 5.11 Å². The molecule has 0 saturated heterocycles. The van der Waals surface area contributed by atoms with Crippen LogP contribution in [0.4, 0.5) is 0 Å². The van der Waals surface area contributed by atoms with Crippen LogP contribution in [0, 0.1) is 0 Å². The maximum Gasteiger partial charge on any atom is 0.318 e. The zero-order valence-electron chi connectivity index (χ0n) is 13.9. The summed E-state index contributed by atoms with van der Waals surface area (Å²) in [6.07, 6.45) is 5.08. The van der Waals surface area contributed by atoms with E-state index in [1.807, 2.05) is 35.2 Å². The first-order chi connectivity index (χ1) is 12.3. The van der Waals surface area contributed by atoms with Gasteiger partial charge >= 0.3 is 5.97 Å². The van der Waals surface area contributed by atoms with Crippen molar-refractivity contribution in [3.8, 4) is 0 Å². The molecule has 8 heteroatoms. The standard InChI is InChI=1S/C18H17NO5S2/c1-25-15-7-2-13(3-8-15)4-11-17(20)14-5-9-16(10-6-14)26(23,24)19-12-18(21)22/h2-11,19H,12H2,1H3,(H,21,22). The molecule has 0 fully saturated rings. The van der Waals surface area contributed by atoms with E-state index in [4.69, 9.17) is 5.11 Å². The first kappa shape index (κ1) is 19.9. The molecule has 2 aromatic carbocycles. The molecule has 136 valence electrons. The molecule has 0 spiro atoms. The maximum absolute atomic E-state index is 12.2. The highest BCUT2D eigenvalue weighted by atomic mass is 32.2. The summed E-state index contributed by atoms with van der Waals surface area (Å²) in [5.74, 6) is -1.54. The van der Waals surface area contributed by atoms with Crippen LogP contribution in [0.3, 0.4) is 0 Å². The van der Waals surface area contributed by atoms with Gasteiger partial charge in [-0.2, -0.15) is 4.72 Å². The van der Waals surface area contributed by atoms with Gasteiger partial charge in [0.25, 0.3) is 0 Å². The highest BCUT2D eigenvalue weighted by Crippen LogP contribution is 2.16. The Kier molecular flexibility index (Phi) is 6.73. The van der Waals surface area contributed by atoms with Gasteiger partial charge in [0, 0.05) is 10.5 Å². The summed E-state index contributed by atoms with van der Waals surface area (Å²) in [7, 11) is -3.92. The van der Waals surface area contributed by atoms with Gasteiger partial charge in [-0.1, -0.05) is 18.2 Å². The SMILES string of the molecule is CSc1ccc(C=CC(=O)c2ccc(S(=O)(=O)NCC(=O)O)cc2)cc1. The molecule has 0 unspecified atom stereocenters. The number of rotatable bonds is 8. The third-order valence-corrected chi connectivity index (χ3v) is 5.57. The third-order valence-electron chi connectivity index (χ3n) is 3.41. The van der Waals surface area contributed by atoms with E-state index >= 15 is 0 Å².